The average Bonchev–Trinajstić information content (AvgIpc) is 2.83. The van der Waals surface area contributed by atoms with Crippen LogP contribution in [0.1, 0.15) is 0 Å². The molecule has 0 radical (unpaired) electrons. The van der Waals surface area contributed by atoms with Gasteiger partial charge >= 0.3 is 0 Å². The number of aromatic nitrogens is 4. The molecule has 0 N–H and O–H groups in total. The van der Waals surface area contributed by atoms with E-state index >= 15 is 0 Å². The maximum atomic E-state index is 4.14. The minimum Gasteiger partial charge on any atom is -0.282 e. The maximum absolute atomic E-state index is 4.14. The van der Waals surface area contributed by atoms with Gasteiger partial charge in [0.1, 0.15) is 0 Å². The molecule has 0 fully saturated rings. The SMILES string of the molecule is Brc1ncc(-c2nnc3ccccn23)s1. The van der Waals surface area contributed by atoms with E-state index in [0.29, 0.717) is 0 Å². The van der Waals surface area contributed by atoms with E-state index in [1.807, 2.05) is 28.8 Å². The van der Waals surface area contributed by atoms with E-state index in [1.54, 1.807) is 17.5 Å². The maximum Gasteiger partial charge on any atom is 0.180 e. The Bertz CT molecular complexity index is 615. The Kier molecular flexibility index (Phi) is 2.03. The molecular formula is C9H5BrN4S. The molecule has 3 aromatic rings. The Morgan fingerprint density at radius 2 is 2.20 bits per heavy atom. The van der Waals surface area contributed by atoms with Crippen LogP contribution in [-0.2, 0) is 0 Å². The van der Waals surface area contributed by atoms with Crippen molar-refractivity contribution in [2.45, 2.75) is 0 Å². The zero-order chi connectivity index (χ0) is 10.3. The van der Waals surface area contributed by atoms with E-state index in [-0.39, 0.29) is 0 Å². The Morgan fingerprint density at radius 3 is 3.00 bits per heavy atom. The summed E-state index contributed by atoms with van der Waals surface area (Å²) >= 11 is 4.87. The van der Waals surface area contributed by atoms with Gasteiger partial charge in [-0.25, -0.2) is 4.98 Å². The number of rotatable bonds is 1. The predicted octanol–water partition coefficient (Wildman–Crippen LogP) is 2.62. The molecule has 0 aromatic carbocycles. The minimum atomic E-state index is 0.828. The Hall–Kier alpha value is -1.27. The molecule has 0 saturated heterocycles. The molecule has 0 atom stereocenters. The third-order valence-corrected chi connectivity index (χ3v) is 3.48. The quantitative estimate of drug-likeness (QED) is 0.688. The normalized spacial score (nSPS) is 11.0. The van der Waals surface area contributed by atoms with Crippen LogP contribution in [0.5, 0.6) is 0 Å². The molecular weight excluding hydrogens is 276 g/mol. The van der Waals surface area contributed by atoms with Crippen molar-refractivity contribution in [3.63, 3.8) is 0 Å². The summed E-state index contributed by atoms with van der Waals surface area (Å²) in [5, 5.41) is 8.22. The van der Waals surface area contributed by atoms with Crippen molar-refractivity contribution >= 4 is 32.9 Å². The van der Waals surface area contributed by atoms with Crippen LogP contribution in [0.2, 0.25) is 0 Å². The van der Waals surface area contributed by atoms with E-state index < -0.39 is 0 Å². The molecule has 3 heterocycles. The Labute approximate surface area is 97.7 Å². The molecule has 6 heteroatoms. The Balaban J connectivity index is 2.27. The highest BCUT2D eigenvalue weighted by atomic mass is 79.9. The van der Waals surface area contributed by atoms with Crippen molar-refractivity contribution < 1.29 is 0 Å². The van der Waals surface area contributed by atoms with Crippen LogP contribution in [0, 0.1) is 0 Å². The van der Waals surface area contributed by atoms with E-state index in [2.05, 4.69) is 31.1 Å². The molecule has 0 aliphatic rings. The fraction of sp³-hybridized carbons (Fsp3) is 0. The topological polar surface area (TPSA) is 43.1 Å². The number of halogens is 1. The lowest BCUT2D eigenvalue weighted by atomic mass is 10.4. The standard InChI is InChI=1S/C9H5BrN4S/c10-9-11-5-6(15-9)8-13-12-7-3-1-2-4-14(7)8/h1-5H. The van der Waals surface area contributed by atoms with Crippen LogP contribution in [0.4, 0.5) is 0 Å². The molecule has 0 aliphatic carbocycles. The predicted molar refractivity (Wildman–Crippen MR) is 61.8 cm³/mol. The summed E-state index contributed by atoms with van der Waals surface area (Å²) in [6.45, 7) is 0. The van der Waals surface area contributed by atoms with Crippen LogP contribution in [0.25, 0.3) is 16.3 Å². The molecule has 0 unspecified atom stereocenters. The largest absolute Gasteiger partial charge is 0.282 e. The van der Waals surface area contributed by atoms with Gasteiger partial charge in [0.05, 0.1) is 11.1 Å². The van der Waals surface area contributed by atoms with Crippen LogP contribution < -0.4 is 0 Å². The van der Waals surface area contributed by atoms with Crippen LogP contribution in [-0.4, -0.2) is 19.6 Å². The van der Waals surface area contributed by atoms with E-state index in [0.717, 1.165) is 20.3 Å². The zero-order valence-electron chi connectivity index (χ0n) is 7.46. The number of thiazole rings is 1. The van der Waals surface area contributed by atoms with Crippen molar-refractivity contribution in [2.75, 3.05) is 0 Å². The molecule has 0 amide bonds. The van der Waals surface area contributed by atoms with Gasteiger partial charge in [-0.2, -0.15) is 0 Å². The highest BCUT2D eigenvalue weighted by Crippen LogP contribution is 2.27. The molecule has 0 aliphatic heterocycles. The van der Waals surface area contributed by atoms with Crippen molar-refractivity contribution in [2.24, 2.45) is 0 Å². The summed E-state index contributed by atoms with van der Waals surface area (Å²) < 4.78 is 2.80. The highest BCUT2D eigenvalue weighted by Gasteiger charge is 2.09. The van der Waals surface area contributed by atoms with E-state index in [1.165, 1.54) is 0 Å². The number of nitrogens with zero attached hydrogens (tertiary/aromatic N) is 4. The third-order valence-electron chi connectivity index (χ3n) is 2.01. The molecule has 0 bridgehead atoms. The summed E-state index contributed by atoms with van der Waals surface area (Å²) in [7, 11) is 0. The van der Waals surface area contributed by atoms with Gasteiger partial charge in [-0.05, 0) is 28.1 Å². The van der Waals surface area contributed by atoms with Gasteiger partial charge in [-0.15, -0.1) is 21.5 Å². The van der Waals surface area contributed by atoms with E-state index in [9.17, 15) is 0 Å². The van der Waals surface area contributed by atoms with Crippen LogP contribution >= 0.6 is 27.3 Å². The van der Waals surface area contributed by atoms with Crippen molar-refractivity contribution in [1.29, 1.82) is 0 Å². The van der Waals surface area contributed by atoms with Gasteiger partial charge in [0.25, 0.3) is 0 Å². The van der Waals surface area contributed by atoms with Gasteiger partial charge in [0.2, 0.25) is 0 Å². The fourth-order valence-electron chi connectivity index (χ4n) is 1.37. The smallest absolute Gasteiger partial charge is 0.180 e. The van der Waals surface area contributed by atoms with Gasteiger partial charge in [0.15, 0.2) is 15.4 Å². The molecule has 15 heavy (non-hydrogen) atoms. The molecule has 74 valence electrons. The lowest BCUT2D eigenvalue weighted by Gasteiger charge is -1.93. The van der Waals surface area contributed by atoms with Gasteiger partial charge in [-0.1, -0.05) is 6.07 Å². The Morgan fingerprint density at radius 1 is 1.27 bits per heavy atom. The second-order valence-electron chi connectivity index (χ2n) is 2.93. The first-order valence-corrected chi connectivity index (χ1v) is 5.87. The van der Waals surface area contributed by atoms with Crippen LogP contribution in [0.15, 0.2) is 34.5 Å². The molecule has 4 nitrogen and oxygen atoms in total. The van der Waals surface area contributed by atoms with Crippen molar-refractivity contribution in [3.05, 3.63) is 34.5 Å². The second-order valence-corrected chi connectivity index (χ2v) is 5.24. The lowest BCUT2D eigenvalue weighted by Crippen LogP contribution is -1.85. The van der Waals surface area contributed by atoms with Gasteiger partial charge in [-0.3, -0.25) is 4.40 Å². The third kappa shape index (κ3) is 1.46. The van der Waals surface area contributed by atoms with Gasteiger partial charge in [0, 0.05) is 6.20 Å². The first-order valence-electron chi connectivity index (χ1n) is 4.26. The molecule has 3 aromatic heterocycles. The van der Waals surface area contributed by atoms with Crippen LogP contribution in [0.3, 0.4) is 0 Å². The van der Waals surface area contributed by atoms with Crippen molar-refractivity contribution in [3.8, 4) is 10.7 Å². The summed E-state index contributed by atoms with van der Waals surface area (Å²) in [6, 6.07) is 5.82. The number of pyridine rings is 1. The fourth-order valence-corrected chi connectivity index (χ4v) is 2.61. The summed E-state index contributed by atoms with van der Waals surface area (Å²) in [4.78, 5) is 5.13. The first-order chi connectivity index (χ1) is 7.34. The van der Waals surface area contributed by atoms with Crippen molar-refractivity contribution in [1.82, 2.24) is 19.6 Å². The zero-order valence-corrected chi connectivity index (χ0v) is 9.86. The second kappa shape index (κ2) is 3.39. The number of hydrogen-bond donors (Lipinski definition) is 0. The summed E-state index contributed by atoms with van der Waals surface area (Å²) in [6.07, 6.45) is 3.73. The van der Waals surface area contributed by atoms with Gasteiger partial charge < -0.3 is 0 Å². The summed E-state index contributed by atoms with van der Waals surface area (Å²) in [5.41, 5.74) is 0.844. The summed E-state index contributed by atoms with van der Waals surface area (Å²) in [5.74, 6) is 0.828. The number of fused-ring (bicyclic) bond motifs is 1. The minimum absolute atomic E-state index is 0.828. The average molecular weight is 281 g/mol. The molecule has 0 saturated carbocycles. The lowest BCUT2D eigenvalue weighted by molar-refractivity contribution is 1.11. The monoisotopic (exact) mass is 280 g/mol. The molecule has 3 rings (SSSR count). The highest BCUT2D eigenvalue weighted by molar-refractivity contribution is 9.11. The van der Waals surface area contributed by atoms with E-state index in [4.69, 9.17) is 0 Å². The number of hydrogen-bond acceptors (Lipinski definition) is 4. The first kappa shape index (κ1) is 8.99. The molecule has 0 spiro atoms.